The van der Waals surface area contributed by atoms with Crippen LogP contribution < -0.4 is 0 Å². The van der Waals surface area contributed by atoms with Crippen molar-refractivity contribution in [2.24, 2.45) is 0 Å². The Morgan fingerprint density at radius 1 is 0.952 bits per heavy atom. The summed E-state index contributed by atoms with van der Waals surface area (Å²) in [5, 5.41) is 10.4. The van der Waals surface area contributed by atoms with E-state index in [2.05, 4.69) is 69.1 Å². The highest BCUT2D eigenvalue weighted by Crippen LogP contribution is 2.19. The van der Waals surface area contributed by atoms with Crippen molar-refractivity contribution in [3.63, 3.8) is 0 Å². The van der Waals surface area contributed by atoms with Gasteiger partial charge in [0.15, 0.2) is 0 Å². The summed E-state index contributed by atoms with van der Waals surface area (Å²) in [4.78, 5) is 2.17. The van der Waals surface area contributed by atoms with Crippen LogP contribution in [0.3, 0.4) is 0 Å². The van der Waals surface area contributed by atoms with Crippen LogP contribution in [0.25, 0.3) is 0 Å². The first-order valence-corrected chi connectivity index (χ1v) is 7.45. The summed E-state index contributed by atoms with van der Waals surface area (Å²) in [6.45, 7) is 7.80. The number of hydrogen-bond donors (Lipinski definition) is 1. The molecule has 2 heteroatoms. The number of aliphatic hydroxyl groups is 1. The van der Waals surface area contributed by atoms with Crippen molar-refractivity contribution < 1.29 is 5.11 Å². The van der Waals surface area contributed by atoms with Crippen LogP contribution >= 0.6 is 0 Å². The lowest BCUT2D eigenvalue weighted by molar-refractivity contribution is 0.123. The van der Waals surface area contributed by atoms with E-state index in [4.69, 9.17) is 0 Å². The highest BCUT2D eigenvalue weighted by atomic mass is 16.3. The van der Waals surface area contributed by atoms with E-state index in [-0.39, 0.29) is 0 Å². The van der Waals surface area contributed by atoms with Gasteiger partial charge in [-0.25, -0.2) is 0 Å². The molecule has 2 aromatic rings. The van der Waals surface area contributed by atoms with Gasteiger partial charge in [0.2, 0.25) is 0 Å². The number of nitrogens with zero attached hydrogens (tertiary/aromatic N) is 1. The molecule has 21 heavy (non-hydrogen) atoms. The summed E-state index contributed by atoms with van der Waals surface area (Å²) < 4.78 is 0. The molecular weight excluding hydrogens is 258 g/mol. The minimum absolute atomic E-state index is 0.446. The van der Waals surface area contributed by atoms with E-state index >= 15 is 0 Å². The quantitative estimate of drug-likeness (QED) is 0.902. The smallest absolute Gasteiger partial charge is 0.0917 e. The van der Waals surface area contributed by atoms with E-state index in [9.17, 15) is 5.11 Å². The molecule has 2 aromatic carbocycles. The molecule has 0 amide bonds. The van der Waals surface area contributed by atoms with Crippen molar-refractivity contribution in [1.82, 2.24) is 4.90 Å². The van der Waals surface area contributed by atoms with Crippen LogP contribution in [-0.2, 0) is 6.54 Å². The molecule has 0 saturated carbocycles. The van der Waals surface area contributed by atoms with Crippen LogP contribution in [0.1, 0.15) is 33.9 Å². The molecule has 112 valence electrons. The van der Waals surface area contributed by atoms with Crippen molar-refractivity contribution >= 4 is 0 Å². The van der Waals surface area contributed by atoms with E-state index in [0.29, 0.717) is 6.54 Å². The third kappa shape index (κ3) is 4.16. The Bertz CT molecular complexity index is 606. The number of hydrogen-bond acceptors (Lipinski definition) is 2. The highest BCUT2D eigenvalue weighted by Gasteiger charge is 2.12. The van der Waals surface area contributed by atoms with Crippen LogP contribution in [0.2, 0.25) is 0 Å². The van der Waals surface area contributed by atoms with Crippen molar-refractivity contribution in [3.05, 3.63) is 70.3 Å². The molecule has 1 unspecified atom stereocenters. The summed E-state index contributed by atoms with van der Waals surface area (Å²) in [6.07, 6.45) is -0.446. The van der Waals surface area contributed by atoms with Crippen LogP contribution in [0, 0.1) is 20.8 Å². The number of benzene rings is 2. The standard InChI is InChI=1S/C19H25NO/c1-14-9-10-17(11-16(14)3)19(21)13-20(4)12-18-8-6-5-7-15(18)2/h5-11,19,21H,12-13H2,1-4H3. The summed E-state index contributed by atoms with van der Waals surface area (Å²) in [5.41, 5.74) is 6.10. The van der Waals surface area contributed by atoms with Crippen molar-refractivity contribution in [2.75, 3.05) is 13.6 Å². The van der Waals surface area contributed by atoms with Crippen LogP contribution in [0.5, 0.6) is 0 Å². The van der Waals surface area contributed by atoms with Crippen LogP contribution in [-0.4, -0.2) is 23.6 Å². The largest absolute Gasteiger partial charge is 0.387 e. The van der Waals surface area contributed by atoms with Crippen molar-refractivity contribution in [2.45, 2.75) is 33.4 Å². The first kappa shape index (κ1) is 15.7. The third-order valence-electron chi connectivity index (χ3n) is 4.10. The Balaban J connectivity index is 2.00. The highest BCUT2D eigenvalue weighted by molar-refractivity contribution is 5.31. The lowest BCUT2D eigenvalue weighted by atomic mass is 10.0. The maximum absolute atomic E-state index is 10.4. The molecule has 0 bridgehead atoms. The van der Waals surface area contributed by atoms with E-state index in [1.807, 2.05) is 6.07 Å². The van der Waals surface area contributed by atoms with Gasteiger partial charge in [0.1, 0.15) is 0 Å². The Morgan fingerprint density at radius 2 is 1.67 bits per heavy atom. The minimum atomic E-state index is -0.446. The first-order chi connectivity index (χ1) is 9.97. The molecule has 0 aliphatic carbocycles. The second-order valence-electron chi connectivity index (χ2n) is 5.98. The number of aliphatic hydroxyl groups excluding tert-OH is 1. The zero-order chi connectivity index (χ0) is 15.4. The summed E-state index contributed by atoms with van der Waals surface area (Å²) in [6, 6.07) is 14.6. The molecule has 0 spiro atoms. The lowest BCUT2D eigenvalue weighted by Crippen LogP contribution is -2.24. The Morgan fingerprint density at radius 3 is 2.33 bits per heavy atom. The van der Waals surface area contributed by atoms with E-state index in [1.165, 1.54) is 22.3 Å². The van der Waals surface area contributed by atoms with Gasteiger partial charge in [0, 0.05) is 13.1 Å². The fourth-order valence-corrected chi connectivity index (χ4v) is 2.52. The van der Waals surface area contributed by atoms with Crippen LogP contribution in [0.4, 0.5) is 0 Å². The SMILES string of the molecule is Cc1ccc(C(O)CN(C)Cc2ccccc2C)cc1C. The van der Waals surface area contributed by atoms with Gasteiger partial charge < -0.3 is 5.11 Å². The second-order valence-corrected chi connectivity index (χ2v) is 5.98. The Hall–Kier alpha value is -1.64. The molecule has 2 rings (SSSR count). The molecule has 0 aliphatic rings. The molecule has 0 aliphatic heterocycles. The van der Waals surface area contributed by atoms with Crippen molar-refractivity contribution in [3.8, 4) is 0 Å². The molecule has 0 fully saturated rings. The first-order valence-electron chi connectivity index (χ1n) is 7.45. The molecule has 0 heterocycles. The molecule has 1 N–H and O–H groups in total. The Kier molecular flexibility index (Phi) is 5.16. The molecule has 2 nitrogen and oxygen atoms in total. The van der Waals surface area contributed by atoms with Crippen molar-refractivity contribution in [1.29, 1.82) is 0 Å². The predicted octanol–water partition coefficient (Wildman–Crippen LogP) is 3.78. The monoisotopic (exact) mass is 283 g/mol. The summed E-state index contributed by atoms with van der Waals surface area (Å²) >= 11 is 0. The summed E-state index contributed by atoms with van der Waals surface area (Å²) in [7, 11) is 2.05. The van der Waals surface area contributed by atoms with Gasteiger partial charge in [0.25, 0.3) is 0 Å². The zero-order valence-electron chi connectivity index (χ0n) is 13.4. The van der Waals surface area contributed by atoms with Gasteiger partial charge in [-0.15, -0.1) is 0 Å². The van der Waals surface area contributed by atoms with Gasteiger partial charge in [-0.3, -0.25) is 4.90 Å². The number of likely N-dealkylation sites (N-methyl/N-ethyl adjacent to an activating group) is 1. The summed E-state index contributed by atoms with van der Waals surface area (Å²) in [5.74, 6) is 0. The van der Waals surface area contributed by atoms with E-state index in [1.54, 1.807) is 0 Å². The number of aryl methyl sites for hydroxylation is 3. The fourth-order valence-electron chi connectivity index (χ4n) is 2.52. The maximum atomic E-state index is 10.4. The second kappa shape index (κ2) is 6.88. The zero-order valence-corrected chi connectivity index (χ0v) is 13.4. The molecular formula is C19H25NO. The molecule has 1 atom stereocenters. The fraction of sp³-hybridized carbons (Fsp3) is 0.368. The topological polar surface area (TPSA) is 23.5 Å². The minimum Gasteiger partial charge on any atom is -0.387 e. The van der Waals surface area contributed by atoms with Gasteiger partial charge in [0.05, 0.1) is 6.10 Å². The van der Waals surface area contributed by atoms with Crippen LogP contribution in [0.15, 0.2) is 42.5 Å². The molecule has 0 radical (unpaired) electrons. The number of rotatable bonds is 5. The van der Waals surface area contributed by atoms with Gasteiger partial charge in [-0.05, 0) is 55.6 Å². The van der Waals surface area contributed by atoms with E-state index < -0.39 is 6.10 Å². The normalized spacial score (nSPS) is 12.7. The maximum Gasteiger partial charge on any atom is 0.0917 e. The average molecular weight is 283 g/mol. The van der Waals surface area contributed by atoms with Gasteiger partial charge >= 0.3 is 0 Å². The average Bonchev–Trinajstić information content (AvgIpc) is 2.44. The lowest BCUT2D eigenvalue weighted by Gasteiger charge is -2.22. The third-order valence-corrected chi connectivity index (χ3v) is 4.10. The van der Waals surface area contributed by atoms with E-state index in [0.717, 1.165) is 12.1 Å². The van der Waals surface area contributed by atoms with Gasteiger partial charge in [-0.2, -0.15) is 0 Å². The molecule has 0 saturated heterocycles. The Labute approximate surface area is 128 Å². The van der Waals surface area contributed by atoms with Gasteiger partial charge in [-0.1, -0.05) is 42.5 Å². The predicted molar refractivity (Wildman–Crippen MR) is 88.4 cm³/mol. The molecule has 0 aromatic heterocycles.